The minimum Gasteiger partial charge on any atom is -0.493 e. The van der Waals surface area contributed by atoms with E-state index in [-0.39, 0.29) is 18.6 Å². The molecule has 1 aromatic heterocycles. The monoisotopic (exact) mass is 376 g/mol. The average molecular weight is 376 g/mol. The van der Waals surface area contributed by atoms with E-state index in [9.17, 15) is 14.4 Å². The van der Waals surface area contributed by atoms with Gasteiger partial charge in [-0.3, -0.25) is 14.4 Å². The Hall–Kier alpha value is -2.87. The topological polar surface area (TPSA) is 108 Å². The van der Waals surface area contributed by atoms with Crippen molar-refractivity contribution in [3.8, 4) is 5.75 Å². The second kappa shape index (κ2) is 9.00. The number of nitrogens with one attached hydrogen (secondary N) is 1. The normalized spacial score (nSPS) is 11.5. The molecule has 1 aromatic carbocycles. The van der Waals surface area contributed by atoms with Crippen LogP contribution in [0, 0.1) is 6.92 Å². The first kappa shape index (κ1) is 19.5. The number of nitrogens with two attached hydrogens (primary N) is 1. The predicted octanol–water partition coefficient (Wildman–Crippen LogP) is 2.49. The van der Waals surface area contributed by atoms with Crippen LogP contribution in [0.4, 0.5) is 5.00 Å². The Morgan fingerprint density at radius 1 is 1.27 bits per heavy atom. The zero-order valence-electron chi connectivity index (χ0n) is 14.5. The summed E-state index contributed by atoms with van der Waals surface area (Å²) < 4.78 is 10.6. The second-order valence-corrected chi connectivity index (χ2v) is 6.48. The fourth-order valence-corrected chi connectivity index (χ4v) is 2.88. The van der Waals surface area contributed by atoms with E-state index in [2.05, 4.69) is 5.32 Å². The number of hydrogen-bond acceptors (Lipinski definition) is 6. The lowest BCUT2D eigenvalue weighted by molar-refractivity contribution is -0.153. The molecule has 0 aliphatic carbocycles. The van der Waals surface area contributed by atoms with Crippen molar-refractivity contribution in [3.63, 3.8) is 0 Å². The van der Waals surface area contributed by atoms with Crippen LogP contribution >= 0.6 is 11.3 Å². The van der Waals surface area contributed by atoms with Crippen LogP contribution in [0.2, 0.25) is 0 Å². The van der Waals surface area contributed by atoms with Gasteiger partial charge in [-0.1, -0.05) is 12.1 Å². The quantitative estimate of drug-likeness (QED) is 0.688. The Morgan fingerprint density at radius 3 is 2.73 bits per heavy atom. The molecule has 0 aliphatic rings. The Labute approximate surface area is 155 Å². The van der Waals surface area contributed by atoms with Crippen LogP contribution in [-0.4, -0.2) is 30.5 Å². The van der Waals surface area contributed by atoms with Gasteiger partial charge >= 0.3 is 5.97 Å². The fraction of sp³-hybridized carbons (Fsp3) is 0.278. The number of primary amides is 1. The van der Waals surface area contributed by atoms with Gasteiger partial charge in [-0.25, -0.2) is 0 Å². The predicted molar refractivity (Wildman–Crippen MR) is 98.3 cm³/mol. The molecule has 0 unspecified atom stereocenters. The number of carbonyl (C=O) groups is 3. The molecule has 1 atom stereocenters. The number of esters is 1. The summed E-state index contributed by atoms with van der Waals surface area (Å²) in [5, 5.41) is 4.50. The third-order valence-electron chi connectivity index (χ3n) is 3.41. The summed E-state index contributed by atoms with van der Waals surface area (Å²) in [6.45, 7) is 3.54. The van der Waals surface area contributed by atoms with Crippen molar-refractivity contribution >= 4 is 34.1 Å². The van der Waals surface area contributed by atoms with E-state index in [0.717, 1.165) is 16.9 Å². The van der Waals surface area contributed by atoms with Crippen LogP contribution in [-0.2, 0) is 14.3 Å². The van der Waals surface area contributed by atoms with Gasteiger partial charge in [-0.2, -0.15) is 0 Å². The van der Waals surface area contributed by atoms with Gasteiger partial charge in [0.05, 0.1) is 18.6 Å². The molecule has 1 heterocycles. The van der Waals surface area contributed by atoms with Crippen molar-refractivity contribution in [3.05, 3.63) is 46.8 Å². The number of anilines is 1. The van der Waals surface area contributed by atoms with Gasteiger partial charge in [0.25, 0.3) is 11.8 Å². The van der Waals surface area contributed by atoms with Crippen LogP contribution in [0.5, 0.6) is 5.75 Å². The summed E-state index contributed by atoms with van der Waals surface area (Å²) in [5.41, 5.74) is 6.49. The summed E-state index contributed by atoms with van der Waals surface area (Å²) in [5.74, 6) is -1.07. The molecule has 0 saturated carbocycles. The largest absolute Gasteiger partial charge is 0.493 e. The van der Waals surface area contributed by atoms with E-state index < -0.39 is 23.9 Å². The maximum atomic E-state index is 12.1. The van der Waals surface area contributed by atoms with E-state index in [1.807, 2.05) is 25.1 Å². The zero-order chi connectivity index (χ0) is 19.1. The molecule has 0 fully saturated rings. The molecule has 0 spiro atoms. The molecule has 26 heavy (non-hydrogen) atoms. The van der Waals surface area contributed by atoms with Crippen molar-refractivity contribution in [2.75, 3.05) is 11.9 Å². The van der Waals surface area contributed by atoms with Crippen molar-refractivity contribution in [1.29, 1.82) is 0 Å². The van der Waals surface area contributed by atoms with Crippen LogP contribution < -0.4 is 15.8 Å². The lowest BCUT2D eigenvalue weighted by atomic mass is 10.2. The Balaban J connectivity index is 1.78. The van der Waals surface area contributed by atoms with E-state index in [1.165, 1.54) is 13.0 Å². The number of aryl methyl sites for hydroxylation is 1. The Kier molecular flexibility index (Phi) is 6.74. The molecule has 0 aliphatic heterocycles. The van der Waals surface area contributed by atoms with Gasteiger partial charge in [-0.05, 0) is 43.0 Å². The van der Waals surface area contributed by atoms with E-state index >= 15 is 0 Å². The molecule has 8 heteroatoms. The van der Waals surface area contributed by atoms with Crippen LogP contribution in [0.15, 0.2) is 35.7 Å². The number of amides is 2. The van der Waals surface area contributed by atoms with Crippen molar-refractivity contribution in [2.24, 2.45) is 5.73 Å². The Morgan fingerprint density at radius 2 is 2.04 bits per heavy atom. The molecule has 2 amide bonds. The number of hydrogen-bond donors (Lipinski definition) is 2. The highest BCUT2D eigenvalue weighted by Gasteiger charge is 2.20. The van der Waals surface area contributed by atoms with Crippen LogP contribution in [0.1, 0.15) is 29.3 Å². The van der Waals surface area contributed by atoms with Crippen LogP contribution in [0.25, 0.3) is 0 Å². The molecule has 0 radical (unpaired) electrons. The summed E-state index contributed by atoms with van der Waals surface area (Å²) >= 11 is 1.16. The molecule has 2 rings (SSSR count). The molecule has 2 aromatic rings. The molecular formula is C18H20N2O5S. The minimum absolute atomic E-state index is 0.0110. The number of rotatable bonds is 8. The molecule has 3 N–H and O–H groups in total. The van der Waals surface area contributed by atoms with Crippen molar-refractivity contribution < 1.29 is 23.9 Å². The van der Waals surface area contributed by atoms with Gasteiger partial charge < -0.3 is 20.5 Å². The third-order valence-corrected chi connectivity index (χ3v) is 4.24. The highest BCUT2D eigenvalue weighted by atomic mass is 32.1. The van der Waals surface area contributed by atoms with Gasteiger partial charge in [0.1, 0.15) is 10.8 Å². The number of carbonyl (C=O) groups excluding carboxylic acids is 3. The number of ether oxygens (including phenoxy) is 2. The first-order chi connectivity index (χ1) is 12.4. The highest BCUT2D eigenvalue weighted by Crippen LogP contribution is 2.23. The number of thiophene rings is 1. The van der Waals surface area contributed by atoms with Gasteiger partial charge in [0, 0.05) is 0 Å². The van der Waals surface area contributed by atoms with E-state index in [4.69, 9.17) is 15.2 Å². The highest BCUT2D eigenvalue weighted by molar-refractivity contribution is 7.14. The first-order valence-corrected chi connectivity index (χ1v) is 8.82. The van der Waals surface area contributed by atoms with Gasteiger partial charge in [0.15, 0.2) is 6.10 Å². The molecular weight excluding hydrogens is 356 g/mol. The van der Waals surface area contributed by atoms with Crippen molar-refractivity contribution in [2.45, 2.75) is 26.4 Å². The standard InChI is InChI=1S/C18H20N2O5S/c1-11-4-3-5-13(10-11)24-8-6-15(21)25-12(2)17(23)20-18-14(16(19)22)7-9-26-18/h3-5,7,9-10,12H,6,8H2,1-2H3,(H2,19,22)(H,20,23)/t12-/m0/s1. The van der Waals surface area contributed by atoms with Crippen LogP contribution in [0.3, 0.4) is 0 Å². The van der Waals surface area contributed by atoms with Gasteiger partial charge in [0.2, 0.25) is 0 Å². The van der Waals surface area contributed by atoms with E-state index in [0.29, 0.717) is 10.8 Å². The average Bonchev–Trinajstić information content (AvgIpc) is 3.03. The summed E-state index contributed by atoms with van der Waals surface area (Å²) in [7, 11) is 0. The van der Waals surface area contributed by atoms with Crippen molar-refractivity contribution in [1.82, 2.24) is 0 Å². The third kappa shape index (κ3) is 5.59. The van der Waals surface area contributed by atoms with Gasteiger partial charge in [-0.15, -0.1) is 11.3 Å². The first-order valence-electron chi connectivity index (χ1n) is 7.94. The Bertz CT molecular complexity index is 802. The summed E-state index contributed by atoms with van der Waals surface area (Å²) in [6, 6.07) is 8.98. The SMILES string of the molecule is Cc1cccc(OCCC(=O)O[C@@H](C)C(=O)Nc2sccc2C(N)=O)c1. The fourth-order valence-electron chi connectivity index (χ4n) is 2.08. The van der Waals surface area contributed by atoms with E-state index in [1.54, 1.807) is 11.4 Å². The zero-order valence-corrected chi connectivity index (χ0v) is 15.3. The summed E-state index contributed by atoms with van der Waals surface area (Å²) in [6.07, 6.45) is -0.999. The maximum Gasteiger partial charge on any atom is 0.310 e. The molecule has 138 valence electrons. The maximum absolute atomic E-state index is 12.1. The smallest absolute Gasteiger partial charge is 0.310 e. The lowest BCUT2D eigenvalue weighted by Crippen LogP contribution is -2.30. The summed E-state index contributed by atoms with van der Waals surface area (Å²) in [4.78, 5) is 35.2. The second-order valence-electron chi connectivity index (χ2n) is 5.56. The molecule has 0 bridgehead atoms. The number of benzene rings is 1. The minimum atomic E-state index is -1.01. The lowest BCUT2D eigenvalue weighted by Gasteiger charge is -2.13. The molecule has 7 nitrogen and oxygen atoms in total. The molecule has 0 saturated heterocycles.